The van der Waals surface area contributed by atoms with Gasteiger partial charge in [0.15, 0.2) is 5.75 Å². The molecule has 0 N–H and O–H groups in total. The van der Waals surface area contributed by atoms with Crippen LogP contribution in [0, 0.1) is 0 Å². The van der Waals surface area contributed by atoms with E-state index in [0.29, 0.717) is 12.6 Å². The van der Waals surface area contributed by atoms with Crippen LogP contribution in [0.1, 0.15) is 37.4 Å². The Morgan fingerprint density at radius 3 is 2.95 bits per heavy atom. The fourth-order valence-corrected chi connectivity index (χ4v) is 2.82. The molecule has 2 aromatic heterocycles. The quantitative estimate of drug-likeness (QED) is 0.805. The van der Waals surface area contributed by atoms with Crippen LogP contribution in [0.5, 0.6) is 5.75 Å². The molecule has 0 bridgehead atoms. The van der Waals surface area contributed by atoms with Crippen LogP contribution in [0.3, 0.4) is 0 Å². The third-order valence-corrected chi connectivity index (χ3v) is 4.06. The van der Waals surface area contributed by atoms with Gasteiger partial charge in [-0.3, -0.25) is 4.68 Å². The highest BCUT2D eigenvalue weighted by molar-refractivity contribution is 9.10. The van der Waals surface area contributed by atoms with Gasteiger partial charge in [0.25, 0.3) is 0 Å². The number of rotatable bonds is 4. The molecule has 3 rings (SSSR count). The Kier molecular flexibility index (Phi) is 3.82. The third kappa shape index (κ3) is 2.97. The van der Waals surface area contributed by atoms with E-state index in [0.717, 1.165) is 16.0 Å². The molecule has 1 aliphatic rings. The van der Waals surface area contributed by atoms with Gasteiger partial charge in [-0.2, -0.15) is 5.10 Å². The van der Waals surface area contributed by atoms with Gasteiger partial charge in [-0.1, -0.05) is 12.8 Å². The molecule has 0 spiro atoms. The van der Waals surface area contributed by atoms with Crippen LogP contribution in [-0.4, -0.2) is 14.8 Å². The molecule has 0 saturated heterocycles. The Morgan fingerprint density at radius 2 is 2.16 bits per heavy atom. The highest BCUT2D eigenvalue weighted by atomic mass is 79.9. The van der Waals surface area contributed by atoms with Crippen molar-refractivity contribution in [3.05, 3.63) is 40.9 Å². The van der Waals surface area contributed by atoms with Gasteiger partial charge in [0.2, 0.25) is 0 Å². The minimum Gasteiger partial charge on any atom is -0.484 e. The van der Waals surface area contributed by atoms with E-state index >= 15 is 0 Å². The van der Waals surface area contributed by atoms with Gasteiger partial charge in [-0.15, -0.1) is 0 Å². The van der Waals surface area contributed by atoms with Gasteiger partial charge in [-0.05, 0) is 47.0 Å². The molecule has 4 nitrogen and oxygen atoms in total. The number of hydrogen-bond donors (Lipinski definition) is 0. The highest BCUT2D eigenvalue weighted by Crippen LogP contribution is 2.29. The Morgan fingerprint density at radius 1 is 1.32 bits per heavy atom. The molecule has 0 radical (unpaired) electrons. The smallest absolute Gasteiger partial charge is 0.152 e. The molecule has 0 aliphatic heterocycles. The lowest BCUT2D eigenvalue weighted by Gasteiger charge is -2.09. The first-order chi connectivity index (χ1) is 9.33. The summed E-state index contributed by atoms with van der Waals surface area (Å²) in [6.45, 7) is 0.476. The van der Waals surface area contributed by atoms with E-state index in [-0.39, 0.29) is 0 Å². The number of ether oxygens (including phenoxy) is 1. The second kappa shape index (κ2) is 5.74. The van der Waals surface area contributed by atoms with Crippen molar-refractivity contribution >= 4 is 15.9 Å². The molecule has 19 heavy (non-hydrogen) atoms. The molecule has 1 aliphatic carbocycles. The molecule has 0 unspecified atom stereocenters. The number of nitrogens with zero attached hydrogens (tertiary/aromatic N) is 3. The van der Waals surface area contributed by atoms with E-state index in [2.05, 4.69) is 36.9 Å². The van der Waals surface area contributed by atoms with Gasteiger partial charge < -0.3 is 4.74 Å². The number of halogens is 1. The molecule has 5 heteroatoms. The molecular weight excluding hydrogens is 306 g/mol. The number of pyridine rings is 1. The first-order valence-electron chi connectivity index (χ1n) is 6.60. The summed E-state index contributed by atoms with van der Waals surface area (Å²) in [5.74, 6) is 0.748. The van der Waals surface area contributed by atoms with Crippen LogP contribution < -0.4 is 4.74 Å². The maximum absolute atomic E-state index is 5.71. The molecule has 1 saturated carbocycles. The topological polar surface area (TPSA) is 39.9 Å². The summed E-state index contributed by atoms with van der Waals surface area (Å²) in [5.41, 5.74) is 0.961. The second-order valence-electron chi connectivity index (χ2n) is 4.81. The predicted octanol–water partition coefficient (Wildman–Crippen LogP) is 3.73. The molecule has 0 atom stereocenters. The second-order valence-corrected chi connectivity index (χ2v) is 5.56. The van der Waals surface area contributed by atoms with Crippen molar-refractivity contribution in [2.75, 3.05) is 0 Å². The van der Waals surface area contributed by atoms with Crippen molar-refractivity contribution in [3.63, 3.8) is 0 Å². The molecular formula is C14H16BrN3O. The van der Waals surface area contributed by atoms with Crippen LogP contribution in [0.25, 0.3) is 0 Å². The average Bonchev–Trinajstić information content (AvgIpc) is 3.09. The fraction of sp³-hybridized carbons (Fsp3) is 0.429. The Labute approximate surface area is 120 Å². The monoisotopic (exact) mass is 321 g/mol. The average molecular weight is 322 g/mol. The molecule has 0 amide bonds. The first-order valence-corrected chi connectivity index (χ1v) is 7.39. The molecule has 100 valence electrons. The largest absolute Gasteiger partial charge is 0.484 e. The SMILES string of the molecule is Brc1ncccc1OCc1ccn(C2CCCC2)n1. The maximum Gasteiger partial charge on any atom is 0.152 e. The van der Waals surface area contributed by atoms with Crippen LogP contribution in [0.4, 0.5) is 0 Å². The zero-order valence-electron chi connectivity index (χ0n) is 10.6. The van der Waals surface area contributed by atoms with Gasteiger partial charge in [0, 0.05) is 12.4 Å². The van der Waals surface area contributed by atoms with E-state index in [4.69, 9.17) is 4.74 Å². The Balaban J connectivity index is 1.63. The van der Waals surface area contributed by atoms with Crippen LogP contribution in [-0.2, 0) is 6.61 Å². The van der Waals surface area contributed by atoms with E-state index in [1.54, 1.807) is 6.20 Å². The van der Waals surface area contributed by atoms with Crippen molar-refractivity contribution in [3.8, 4) is 5.75 Å². The van der Waals surface area contributed by atoms with Crippen molar-refractivity contribution in [1.82, 2.24) is 14.8 Å². The zero-order valence-corrected chi connectivity index (χ0v) is 12.2. The standard InChI is InChI=1S/C14H16BrN3O/c15-14-13(6-3-8-16-14)19-10-11-7-9-18(17-11)12-4-1-2-5-12/h3,6-9,12H,1-2,4-5,10H2. The van der Waals surface area contributed by atoms with Crippen molar-refractivity contribution < 1.29 is 4.74 Å². The lowest BCUT2D eigenvalue weighted by Crippen LogP contribution is -2.06. The summed E-state index contributed by atoms with van der Waals surface area (Å²) in [7, 11) is 0. The van der Waals surface area contributed by atoms with Gasteiger partial charge in [-0.25, -0.2) is 4.98 Å². The van der Waals surface area contributed by atoms with E-state index in [1.165, 1.54) is 25.7 Å². The van der Waals surface area contributed by atoms with Crippen molar-refractivity contribution in [1.29, 1.82) is 0 Å². The predicted molar refractivity (Wildman–Crippen MR) is 76.0 cm³/mol. The summed E-state index contributed by atoms with van der Waals surface area (Å²) in [6.07, 6.45) is 8.92. The maximum atomic E-state index is 5.71. The molecule has 2 heterocycles. The Hall–Kier alpha value is -1.36. The third-order valence-electron chi connectivity index (χ3n) is 3.46. The lowest BCUT2D eigenvalue weighted by molar-refractivity contribution is 0.294. The molecule has 0 aromatic carbocycles. The van der Waals surface area contributed by atoms with Crippen molar-refractivity contribution in [2.24, 2.45) is 0 Å². The first kappa shape index (κ1) is 12.7. The normalized spacial score (nSPS) is 15.8. The summed E-state index contributed by atoms with van der Waals surface area (Å²) >= 11 is 3.37. The number of aromatic nitrogens is 3. The van der Waals surface area contributed by atoms with E-state index < -0.39 is 0 Å². The van der Waals surface area contributed by atoms with Gasteiger partial charge >= 0.3 is 0 Å². The van der Waals surface area contributed by atoms with Crippen LogP contribution >= 0.6 is 15.9 Å². The molecule has 1 fully saturated rings. The fourth-order valence-electron chi connectivity index (χ4n) is 2.46. The summed E-state index contributed by atoms with van der Waals surface area (Å²) in [6, 6.07) is 6.36. The molecule has 2 aromatic rings. The highest BCUT2D eigenvalue weighted by Gasteiger charge is 2.17. The van der Waals surface area contributed by atoms with E-state index in [1.807, 2.05) is 18.2 Å². The summed E-state index contributed by atoms with van der Waals surface area (Å²) in [5, 5.41) is 4.59. The minimum atomic E-state index is 0.476. The number of hydrogen-bond acceptors (Lipinski definition) is 3. The summed E-state index contributed by atoms with van der Waals surface area (Å²) in [4.78, 5) is 4.13. The lowest BCUT2D eigenvalue weighted by atomic mass is 10.3. The summed E-state index contributed by atoms with van der Waals surface area (Å²) < 4.78 is 8.53. The van der Waals surface area contributed by atoms with Crippen molar-refractivity contribution in [2.45, 2.75) is 38.3 Å². The van der Waals surface area contributed by atoms with Crippen LogP contribution in [0.2, 0.25) is 0 Å². The zero-order chi connectivity index (χ0) is 13.1. The Bertz CT molecular complexity index is 549. The minimum absolute atomic E-state index is 0.476. The van der Waals surface area contributed by atoms with Gasteiger partial charge in [0.05, 0.1) is 11.7 Å². The van der Waals surface area contributed by atoms with E-state index in [9.17, 15) is 0 Å². The van der Waals surface area contributed by atoms with Crippen LogP contribution in [0.15, 0.2) is 35.2 Å². The van der Waals surface area contributed by atoms with Gasteiger partial charge in [0.1, 0.15) is 11.2 Å².